The Bertz CT molecular complexity index is 1650. The van der Waals surface area contributed by atoms with Gasteiger partial charge in [0.1, 0.15) is 23.4 Å². The van der Waals surface area contributed by atoms with Crippen LogP contribution >= 0.6 is 23.1 Å². The molecule has 1 N–H and O–H groups in total. The maximum atomic E-state index is 13.6. The molecule has 2 atom stereocenters. The Kier molecular flexibility index (Phi) is 7.51. The second-order valence-corrected chi connectivity index (χ2v) is 11.9. The zero-order valence-electron chi connectivity index (χ0n) is 22.4. The van der Waals surface area contributed by atoms with E-state index in [-0.39, 0.29) is 22.6 Å². The van der Waals surface area contributed by atoms with Gasteiger partial charge in [-0.1, -0.05) is 65.6 Å². The highest BCUT2D eigenvalue weighted by Gasteiger charge is 2.48. The van der Waals surface area contributed by atoms with Gasteiger partial charge in [0.15, 0.2) is 4.34 Å². The first-order valence-corrected chi connectivity index (χ1v) is 15.1. The van der Waals surface area contributed by atoms with Gasteiger partial charge in [-0.2, -0.15) is 0 Å². The molecule has 0 aliphatic carbocycles. The second-order valence-electron chi connectivity index (χ2n) is 9.75. The molecule has 0 bridgehead atoms. The van der Waals surface area contributed by atoms with Crippen molar-refractivity contribution in [1.82, 2.24) is 10.2 Å². The Morgan fingerprint density at radius 1 is 1.10 bits per heavy atom. The Morgan fingerprint density at radius 3 is 2.73 bits per heavy atom. The Labute approximate surface area is 245 Å². The van der Waals surface area contributed by atoms with Gasteiger partial charge in [-0.05, 0) is 60.9 Å². The van der Waals surface area contributed by atoms with Crippen LogP contribution in [0.5, 0.6) is 11.5 Å². The lowest BCUT2D eigenvalue weighted by Crippen LogP contribution is -2.29. The van der Waals surface area contributed by atoms with Gasteiger partial charge in [-0.3, -0.25) is 14.5 Å². The molecule has 2 aliphatic rings. The van der Waals surface area contributed by atoms with Gasteiger partial charge in [-0.15, -0.1) is 10.2 Å². The minimum Gasteiger partial charge on any atom is -0.507 e. The number of ether oxygens (including phenoxy) is 2. The van der Waals surface area contributed by atoms with Crippen molar-refractivity contribution < 1.29 is 24.2 Å². The molecule has 1 amide bonds. The van der Waals surface area contributed by atoms with Crippen LogP contribution in [0.25, 0.3) is 5.76 Å². The number of aliphatic hydroxyl groups is 1. The standard InChI is InChI=1S/C31H27N3O5S2/c1-3-38-23-11-7-10-20(16-23)26-25(27(35)21-12-13-24-22(15-21)14-18(2)39-24)28(36)29(37)34(26)30-32-33-31(41-30)40-17-19-8-5-4-6-9-19/h4-13,15-16,18,26,35H,3,14,17H2,1-2H3/t18-,26+/m0/s1. The molecule has 3 heterocycles. The number of nitrogens with zero attached hydrogens (tertiary/aromatic N) is 3. The highest BCUT2D eigenvalue weighted by Crippen LogP contribution is 2.45. The van der Waals surface area contributed by atoms with Crippen LogP contribution in [-0.4, -0.2) is 39.7 Å². The minimum atomic E-state index is -0.918. The summed E-state index contributed by atoms with van der Waals surface area (Å²) in [6.07, 6.45) is 0.722. The Hall–Kier alpha value is -4.15. The van der Waals surface area contributed by atoms with Crippen LogP contribution in [0.2, 0.25) is 0 Å². The number of rotatable bonds is 8. The number of carbonyl (C=O) groups excluding carboxylic acids is 2. The predicted molar refractivity (Wildman–Crippen MR) is 159 cm³/mol. The van der Waals surface area contributed by atoms with Crippen molar-refractivity contribution in [2.24, 2.45) is 0 Å². The average molecular weight is 586 g/mol. The molecule has 8 nitrogen and oxygen atoms in total. The van der Waals surface area contributed by atoms with Crippen LogP contribution in [-0.2, 0) is 21.8 Å². The number of Topliss-reactive ketones (excluding diaryl/α,β-unsaturated/α-hetero) is 1. The monoisotopic (exact) mass is 585 g/mol. The van der Waals surface area contributed by atoms with Crippen molar-refractivity contribution >= 4 is 45.7 Å². The summed E-state index contributed by atoms with van der Waals surface area (Å²) >= 11 is 2.74. The Morgan fingerprint density at radius 2 is 1.93 bits per heavy atom. The van der Waals surface area contributed by atoms with E-state index in [0.29, 0.717) is 40.0 Å². The van der Waals surface area contributed by atoms with Gasteiger partial charge in [0.2, 0.25) is 5.13 Å². The molecule has 1 aromatic heterocycles. The summed E-state index contributed by atoms with van der Waals surface area (Å²) in [5.41, 5.74) is 3.13. The first-order chi connectivity index (χ1) is 19.9. The minimum absolute atomic E-state index is 0.00995. The smallest absolute Gasteiger partial charge is 0.301 e. The van der Waals surface area contributed by atoms with Gasteiger partial charge in [0.25, 0.3) is 5.78 Å². The molecule has 1 fully saturated rings. The lowest BCUT2D eigenvalue weighted by Gasteiger charge is -2.23. The lowest BCUT2D eigenvalue weighted by molar-refractivity contribution is -0.132. The summed E-state index contributed by atoms with van der Waals surface area (Å²) in [6.45, 7) is 4.32. The maximum absolute atomic E-state index is 13.6. The van der Waals surface area contributed by atoms with Crippen molar-refractivity contribution in [3.8, 4) is 11.5 Å². The molecular weight excluding hydrogens is 558 g/mol. The van der Waals surface area contributed by atoms with Crippen LogP contribution in [0.1, 0.15) is 42.1 Å². The molecule has 0 unspecified atom stereocenters. The van der Waals surface area contributed by atoms with E-state index in [1.54, 1.807) is 24.3 Å². The van der Waals surface area contributed by atoms with Crippen molar-refractivity contribution in [3.63, 3.8) is 0 Å². The van der Waals surface area contributed by atoms with Gasteiger partial charge in [-0.25, -0.2) is 0 Å². The van der Waals surface area contributed by atoms with Crippen LogP contribution in [0, 0.1) is 0 Å². The van der Waals surface area contributed by atoms with Crippen LogP contribution in [0.4, 0.5) is 5.13 Å². The Balaban J connectivity index is 1.41. The van der Waals surface area contributed by atoms with Gasteiger partial charge < -0.3 is 14.6 Å². The molecule has 1 saturated heterocycles. The van der Waals surface area contributed by atoms with Crippen LogP contribution in [0.15, 0.2) is 82.7 Å². The van der Waals surface area contributed by atoms with Crippen molar-refractivity contribution in [2.45, 2.75) is 42.5 Å². The first-order valence-electron chi connectivity index (χ1n) is 13.3. The summed E-state index contributed by atoms with van der Waals surface area (Å²) in [6, 6.07) is 21.6. The second kappa shape index (κ2) is 11.4. The number of carbonyl (C=O) groups is 2. The molecule has 4 aromatic rings. The molecule has 208 valence electrons. The summed E-state index contributed by atoms with van der Waals surface area (Å²) in [5, 5.41) is 20.4. The number of thioether (sulfide) groups is 1. The maximum Gasteiger partial charge on any atom is 0.301 e. The molecule has 10 heteroatoms. The van der Waals surface area contributed by atoms with Gasteiger partial charge in [0, 0.05) is 17.7 Å². The molecule has 2 aliphatic heterocycles. The fourth-order valence-electron chi connectivity index (χ4n) is 5.09. The van der Waals surface area contributed by atoms with Gasteiger partial charge in [0.05, 0.1) is 18.2 Å². The van der Waals surface area contributed by atoms with E-state index in [1.807, 2.05) is 62.4 Å². The highest BCUT2D eigenvalue weighted by molar-refractivity contribution is 8.00. The SMILES string of the molecule is CCOc1cccc([C@@H]2C(=C(O)c3ccc4c(c3)C[C@H](C)O4)C(=O)C(=O)N2c2nnc(SCc3ccccc3)s2)c1. The number of aliphatic hydroxyl groups excluding tert-OH is 1. The largest absolute Gasteiger partial charge is 0.507 e. The number of hydrogen-bond donors (Lipinski definition) is 1. The molecule has 0 radical (unpaired) electrons. The van der Waals surface area contributed by atoms with Crippen LogP contribution in [0.3, 0.4) is 0 Å². The van der Waals surface area contributed by atoms with E-state index in [1.165, 1.54) is 28.0 Å². The van der Waals surface area contributed by atoms with E-state index in [0.717, 1.165) is 16.9 Å². The van der Waals surface area contributed by atoms with E-state index in [4.69, 9.17) is 9.47 Å². The molecular formula is C31H27N3O5S2. The van der Waals surface area contributed by atoms with E-state index < -0.39 is 17.7 Å². The average Bonchev–Trinajstić information content (AvgIpc) is 3.67. The number of benzene rings is 3. The lowest BCUT2D eigenvalue weighted by atomic mass is 9.94. The molecule has 0 saturated carbocycles. The highest BCUT2D eigenvalue weighted by atomic mass is 32.2. The van der Waals surface area contributed by atoms with Crippen molar-refractivity contribution in [1.29, 1.82) is 0 Å². The van der Waals surface area contributed by atoms with Gasteiger partial charge >= 0.3 is 5.91 Å². The first kappa shape index (κ1) is 27.0. The molecule has 0 spiro atoms. The quantitative estimate of drug-likeness (QED) is 0.0860. The van der Waals surface area contributed by atoms with E-state index in [9.17, 15) is 14.7 Å². The number of ketones is 1. The van der Waals surface area contributed by atoms with Crippen LogP contribution < -0.4 is 14.4 Å². The third-order valence-electron chi connectivity index (χ3n) is 6.91. The number of anilines is 1. The molecule has 3 aromatic carbocycles. The number of hydrogen-bond acceptors (Lipinski definition) is 9. The summed E-state index contributed by atoms with van der Waals surface area (Å²) in [7, 11) is 0. The third kappa shape index (κ3) is 5.32. The molecule has 41 heavy (non-hydrogen) atoms. The third-order valence-corrected chi connectivity index (χ3v) is 9.03. The molecule has 6 rings (SSSR count). The zero-order chi connectivity index (χ0) is 28.5. The summed E-state index contributed by atoms with van der Waals surface area (Å²) in [4.78, 5) is 28.5. The normalized spacial score (nSPS) is 19.3. The fourth-order valence-corrected chi connectivity index (χ4v) is 6.91. The predicted octanol–water partition coefficient (Wildman–Crippen LogP) is 6.18. The topological polar surface area (TPSA) is 102 Å². The number of fused-ring (bicyclic) bond motifs is 1. The number of aromatic nitrogens is 2. The zero-order valence-corrected chi connectivity index (χ0v) is 24.1. The number of amides is 1. The van der Waals surface area contributed by atoms with E-state index in [2.05, 4.69) is 10.2 Å². The van der Waals surface area contributed by atoms with Crippen molar-refractivity contribution in [2.75, 3.05) is 11.5 Å². The summed E-state index contributed by atoms with van der Waals surface area (Å²) in [5.74, 6) is 0.235. The fraction of sp³-hybridized carbons (Fsp3) is 0.226. The van der Waals surface area contributed by atoms with Crippen molar-refractivity contribution in [3.05, 3.63) is 101 Å². The summed E-state index contributed by atoms with van der Waals surface area (Å²) < 4.78 is 12.2. The van der Waals surface area contributed by atoms with E-state index >= 15 is 0 Å².